The molecule has 1 aliphatic carbocycles. The fourth-order valence-corrected chi connectivity index (χ4v) is 4.05. The highest BCUT2D eigenvalue weighted by atomic mass is 16.2. The van der Waals surface area contributed by atoms with Gasteiger partial charge in [-0.15, -0.1) is 0 Å². The maximum Gasteiger partial charge on any atom is 0.317 e. The summed E-state index contributed by atoms with van der Waals surface area (Å²) in [5.74, 6) is 0.673. The minimum atomic E-state index is 0.0847. The van der Waals surface area contributed by atoms with E-state index in [1.165, 1.54) is 43.2 Å². The Labute approximate surface area is 148 Å². The van der Waals surface area contributed by atoms with E-state index >= 15 is 0 Å². The number of carbonyl (C=O) groups excluding carboxylic acids is 1. The number of urea groups is 1. The quantitative estimate of drug-likeness (QED) is 0.890. The van der Waals surface area contributed by atoms with E-state index in [9.17, 15) is 4.79 Å². The minimum absolute atomic E-state index is 0.0847. The SMILES string of the molecule is O=C(NCC1CCCCC1)N1CC=C(c2c[nH]c3ncccc23)CC1. The van der Waals surface area contributed by atoms with Gasteiger partial charge in [-0.1, -0.05) is 25.3 Å². The van der Waals surface area contributed by atoms with Gasteiger partial charge in [-0.05, 0) is 42.9 Å². The zero-order valence-corrected chi connectivity index (χ0v) is 14.6. The highest BCUT2D eigenvalue weighted by Gasteiger charge is 2.21. The smallest absolute Gasteiger partial charge is 0.317 e. The van der Waals surface area contributed by atoms with Gasteiger partial charge in [-0.25, -0.2) is 9.78 Å². The van der Waals surface area contributed by atoms with Crippen molar-refractivity contribution < 1.29 is 4.79 Å². The van der Waals surface area contributed by atoms with Crippen LogP contribution in [0.5, 0.6) is 0 Å². The minimum Gasteiger partial charge on any atom is -0.346 e. The molecule has 4 rings (SSSR count). The number of aromatic nitrogens is 2. The summed E-state index contributed by atoms with van der Waals surface area (Å²) in [6.45, 7) is 2.29. The van der Waals surface area contributed by atoms with Gasteiger partial charge in [-0.2, -0.15) is 0 Å². The van der Waals surface area contributed by atoms with E-state index in [1.54, 1.807) is 6.20 Å². The number of fused-ring (bicyclic) bond motifs is 1. The first-order valence-electron chi connectivity index (χ1n) is 9.45. The highest BCUT2D eigenvalue weighted by molar-refractivity contribution is 5.91. The summed E-state index contributed by atoms with van der Waals surface area (Å²) in [5.41, 5.74) is 3.44. The van der Waals surface area contributed by atoms with E-state index in [-0.39, 0.29) is 6.03 Å². The van der Waals surface area contributed by atoms with Gasteiger partial charge >= 0.3 is 6.03 Å². The van der Waals surface area contributed by atoms with Crippen LogP contribution in [0, 0.1) is 5.92 Å². The summed E-state index contributed by atoms with van der Waals surface area (Å²) in [4.78, 5) is 21.9. The molecule has 2 aliphatic rings. The molecule has 0 atom stereocenters. The second-order valence-electron chi connectivity index (χ2n) is 7.22. The normalized spacial score (nSPS) is 19.0. The van der Waals surface area contributed by atoms with Gasteiger partial charge in [0.05, 0.1) is 0 Å². The standard InChI is InChI=1S/C20H26N4O/c25-20(23-13-15-5-2-1-3-6-15)24-11-8-16(9-12-24)18-14-22-19-17(18)7-4-10-21-19/h4,7-8,10,14-15H,1-3,5-6,9,11-13H2,(H,21,22)(H,23,25). The van der Waals surface area contributed by atoms with Crippen LogP contribution in [0.25, 0.3) is 16.6 Å². The molecule has 0 aromatic carbocycles. The maximum absolute atomic E-state index is 12.4. The molecule has 3 heterocycles. The zero-order valence-electron chi connectivity index (χ0n) is 14.6. The summed E-state index contributed by atoms with van der Waals surface area (Å²) in [7, 11) is 0. The van der Waals surface area contributed by atoms with Crippen LogP contribution in [0.15, 0.2) is 30.6 Å². The second kappa shape index (κ2) is 7.30. The molecule has 0 unspecified atom stereocenters. The molecule has 132 valence electrons. The fraction of sp³-hybridized carbons (Fsp3) is 0.500. The van der Waals surface area contributed by atoms with Gasteiger partial charge in [0, 0.05) is 43.0 Å². The lowest BCUT2D eigenvalue weighted by molar-refractivity contribution is 0.199. The number of carbonyl (C=O) groups is 1. The van der Waals surface area contributed by atoms with Crippen molar-refractivity contribution in [2.75, 3.05) is 19.6 Å². The van der Waals surface area contributed by atoms with Crippen molar-refractivity contribution in [1.82, 2.24) is 20.2 Å². The van der Waals surface area contributed by atoms with Crippen LogP contribution in [0.3, 0.4) is 0 Å². The molecule has 25 heavy (non-hydrogen) atoms. The van der Waals surface area contributed by atoms with E-state index in [2.05, 4.69) is 27.4 Å². The van der Waals surface area contributed by atoms with Crippen LogP contribution in [0.4, 0.5) is 4.79 Å². The van der Waals surface area contributed by atoms with Crippen molar-refractivity contribution in [3.63, 3.8) is 0 Å². The molecule has 0 bridgehead atoms. The lowest BCUT2D eigenvalue weighted by atomic mass is 9.89. The Hall–Kier alpha value is -2.30. The molecule has 2 aromatic rings. The number of amides is 2. The van der Waals surface area contributed by atoms with Crippen LogP contribution in [0.1, 0.15) is 44.1 Å². The van der Waals surface area contributed by atoms with Crippen molar-refractivity contribution in [3.05, 3.63) is 36.2 Å². The van der Waals surface area contributed by atoms with Crippen LogP contribution in [-0.2, 0) is 0 Å². The zero-order chi connectivity index (χ0) is 17.1. The predicted molar refractivity (Wildman–Crippen MR) is 100 cm³/mol. The van der Waals surface area contributed by atoms with Gasteiger partial charge in [0.15, 0.2) is 0 Å². The highest BCUT2D eigenvalue weighted by Crippen LogP contribution is 2.28. The number of rotatable bonds is 3. The summed E-state index contributed by atoms with van der Waals surface area (Å²) >= 11 is 0. The third kappa shape index (κ3) is 3.55. The first-order chi connectivity index (χ1) is 12.3. The van der Waals surface area contributed by atoms with Crippen molar-refractivity contribution in [2.24, 2.45) is 5.92 Å². The molecule has 0 spiro atoms. The molecule has 1 fully saturated rings. The Morgan fingerprint density at radius 2 is 2.20 bits per heavy atom. The Kier molecular flexibility index (Phi) is 4.72. The van der Waals surface area contributed by atoms with E-state index in [1.807, 2.05) is 17.2 Å². The molecule has 5 nitrogen and oxygen atoms in total. The van der Waals surface area contributed by atoms with Crippen molar-refractivity contribution in [3.8, 4) is 0 Å². The van der Waals surface area contributed by atoms with Crippen LogP contribution in [-0.4, -0.2) is 40.5 Å². The fourth-order valence-electron chi connectivity index (χ4n) is 4.05. The average Bonchev–Trinajstić information content (AvgIpc) is 3.11. The number of pyridine rings is 1. The van der Waals surface area contributed by atoms with Gasteiger partial charge in [0.2, 0.25) is 0 Å². The van der Waals surface area contributed by atoms with Gasteiger partial charge < -0.3 is 15.2 Å². The van der Waals surface area contributed by atoms with Gasteiger partial charge in [0.1, 0.15) is 5.65 Å². The molecule has 0 radical (unpaired) electrons. The topological polar surface area (TPSA) is 61.0 Å². The summed E-state index contributed by atoms with van der Waals surface area (Å²) in [5, 5.41) is 4.30. The Balaban J connectivity index is 1.36. The molecule has 1 saturated carbocycles. The Bertz CT molecular complexity index is 773. The molecule has 2 amide bonds. The number of nitrogens with zero attached hydrogens (tertiary/aromatic N) is 2. The van der Waals surface area contributed by atoms with Crippen molar-refractivity contribution in [1.29, 1.82) is 0 Å². The summed E-state index contributed by atoms with van der Waals surface area (Å²) in [6.07, 6.45) is 13.4. The third-order valence-corrected chi connectivity index (χ3v) is 5.56. The maximum atomic E-state index is 12.4. The number of hydrogen-bond acceptors (Lipinski definition) is 2. The molecule has 2 aromatic heterocycles. The number of nitrogens with one attached hydrogen (secondary N) is 2. The molecule has 5 heteroatoms. The van der Waals surface area contributed by atoms with E-state index in [0.717, 1.165) is 30.5 Å². The Morgan fingerprint density at radius 1 is 1.32 bits per heavy atom. The molecular formula is C20H26N4O. The van der Waals surface area contributed by atoms with Crippen molar-refractivity contribution in [2.45, 2.75) is 38.5 Å². The third-order valence-electron chi connectivity index (χ3n) is 5.56. The molecular weight excluding hydrogens is 312 g/mol. The van der Waals surface area contributed by atoms with E-state index < -0.39 is 0 Å². The predicted octanol–water partition coefficient (Wildman–Crippen LogP) is 3.94. The van der Waals surface area contributed by atoms with Crippen LogP contribution < -0.4 is 5.32 Å². The lowest BCUT2D eigenvalue weighted by Crippen LogP contribution is -2.43. The first-order valence-corrected chi connectivity index (χ1v) is 9.45. The van der Waals surface area contributed by atoms with Gasteiger partial charge in [-0.3, -0.25) is 0 Å². The lowest BCUT2D eigenvalue weighted by Gasteiger charge is -2.28. The Morgan fingerprint density at radius 3 is 3.00 bits per heavy atom. The van der Waals surface area contributed by atoms with Crippen LogP contribution >= 0.6 is 0 Å². The monoisotopic (exact) mass is 338 g/mol. The second-order valence-corrected chi connectivity index (χ2v) is 7.22. The first kappa shape index (κ1) is 16.2. The summed E-state index contributed by atoms with van der Waals surface area (Å²) < 4.78 is 0. The van der Waals surface area contributed by atoms with Crippen LogP contribution in [0.2, 0.25) is 0 Å². The van der Waals surface area contributed by atoms with E-state index in [4.69, 9.17) is 0 Å². The van der Waals surface area contributed by atoms with Gasteiger partial charge in [0.25, 0.3) is 0 Å². The number of hydrogen-bond donors (Lipinski definition) is 2. The van der Waals surface area contributed by atoms with Crippen molar-refractivity contribution >= 4 is 22.6 Å². The largest absolute Gasteiger partial charge is 0.346 e. The number of aromatic amines is 1. The number of H-pyrrole nitrogens is 1. The molecule has 0 saturated heterocycles. The molecule has 1 aliphatic heterocycles. The average molecular weight is 338 g/mol. The van der Waals surface area contributed by atoms with E-state index in [0.29, 0.717) is 12.5 Å². The summed E-state index contributed by atoms with van der Waals surface area (Å²) in [6, 6.07) is 4.15. The molecule has 2 N–H and O–H groups in total.